The standard InChI is InChI=1S/C16H23N3O3S/c1-11-9-13(5-7-18-11)16(20)19-8-6-12-10-14(3-4-15(12)19)23(21,22)17-2/h3-4,10-11,13,17-18H,5-9H2,1-2H3/t11-,13-/m0/s1. The molecule has 1 fully saturated rings. The van der Waals surface area contributed by atoms with Crippen molar-refractivity contribution in [1.29, 1.82) is 0 Å². The minimum Gasteiger partial charge on any atom is -0.314 e. The summed E-state index contributed by atoms with van der Waals surface area (Å²) in [5.41, 5.74) is 1.79. The van der Waals surface area contributed by atoms with Crippen LogP contribution in [0.4, 0.5) is 5.69 Å². The van der Waals surface area contributed by atoms with Gasteiger partial charge in [-0.25, -0.2) is 13.1 Å². The average molecular weight is 337 g/mol. The molecule has 23 heavy (non-hydrogen) atoms. The Morgan fingerprint density at radius 1 is 1.39 bits per heavy atom. The van der Waals surface area contributed by atoms with Gasteiger partial charge >= 0.3 is 0 Å². The summed E-state index contributed by atoms with van der Waals surface area (Å²) < 4.78 is 26.1. The van der Waals surface area contributed by atoms with Crippen LogP contribution >= 0.6 is 0 Å². The number of carbonyl (C=O) groups is 1. The van der Waals surface area contributed by atoms with Crippen molar-refractivity contribution in [3.05, 3.63) is 23.8 Å². The van der Waals surface area contributed by atoms with Crippen LogP contribution in [-0.4, -0.2) is 40.5 Å². The molecule has 2 heterocycles. The maximum Gasteiger partial charge on any atom is 0.240 e. The first-order chi connectivity index (χ1) is 10.9. The van der Waals surface area contributed by atoms with Gasteiger partial charge in [0.25, 0.3) is 0 Å². The summed E-state index contributed by atoms with van der Waals surface area (Å²) >= 11 is 0. The highest BCUT2D eigenvalue weighted by Gasteiger charge is 2.33. The fourth-order valence-corrected chi connectivity index (χ4v) is 4.25. The lowest BCUT2D eigenvalue weighted by atomic mass is 9.92. The Labute approximate surface area is 137 Å². The summed E-state index contributed by atoms with van der Waals surface area (Å²) in [6, 6.07) is 5.37. The van der Waals surface area contributed by atoms with Crippen LogP contribution in [-0.2, 0) is 21.2 Å². The summed E-state index contributed by atoms with van der Waals surface area (Å²) in [4.78, 5) is 14.9. The number of hydrogen-bond donors (Lipinski definition) is 2. The predicted molar refractivity (Wildman–Crippen MR) is 88.9 cm³/mol. The zero-order chi connectivity index (χ0) is 16.6. The smallest absolute Gasteiger partial charge is 0.240 e. The minimum atomic E-state index is -3.45. The lowest BCUT2D eigenvalue weighted by Gasteiger charge is -2.30. The van der Waals surface area contributed by atoms with Crippen molar-refractivity contribution in [2.24, 2.45) is 5.92 Å². The fourth-order valence-electron chi connectivity index (χ4n) is 3.47. The Hall–Kier alpha value is -1.44. The zero-order valence-electron chi connectivity index (χ0n) is 13.5. The van der Waals surface area contributed by atoms with E-state index in [1.807, 2.05) is 4.90 Å². The molecule has 2 N–H and O–H groups in total. The molecule has 126 valence electrons. The molecule has 1 aromatic rings. The average Bonchev–Trinajstić information content (AvgIpc) is 2.97. The molecule has 0 saturated carbocycles. The van der Waals surface area contributed by atoms with E-state index < -0.39 is 10.0 Å². The van der Waals surface area contributed by atoms with Gasteiger partial charge < -0.3 is 10.2 Å². The van der Waals surface area contributed by atoms with Crippen LogP contribution in [0.3, 0.4) is 0 Å². The quantitative estimate of drug-likeness (QED) is 0.858. The van der Waals surface area contributed by atoms with E-state index in [0.717, 1.165) is 30.6 Å². The summed E-state index contributed by atoms with van der Waals surface area (Å²) in [6.07, 6.45) is 2.42. The zero-order valence-corrected chi connectivity index (χ0v) is 14.3. The molecule has 1 amide bonds. The van der Waals surface area contributed by atoms with E-state index in [1.165, 1.54) is 7.05 Å². The molecular weight excluding hydrogens is 314 g/mol. The molecule has 0 radical (unpaired) electrons. The molecule has 2 atom stereocenters. The summed E-state index contributed by atoms with van der Waals surface area (Å²) in [5, 5.41) is 3.36. The van der Waals surface area contributed by atoms with E-state index in [0.29, 0.717) is 19.0 Å². The first-order valence-electron chi connectivity index (χ1n) is 8.03. The molecule has 0 bridgehead atoms. The molecule has 7 heteroatoms. The summed E-state index contributed by atoms with van der Waals surface area (Å²) in [7, 11) is -2.05. The van der Waals surface area contributed by atoms with Crippen molar-refractivity contribution in [3.8, 4) is 0 Å². The first-order valence-corrected chi connectivity index (χ1v) is 9.52. The Kier molecular flexibility index (Phi) is 4.44. The van der Waals surface area contributed by atoms with Crippen LogP contribution in [0.15, 0.2) is 23.1 Å². The molecule has 3 rings (SSSR count). The summed E-state index contributed by atoms with van der Waals surface area (Å²) in [5.74, 6) is 0.222. The number of amides is 1. The predicted octanol–water partition coefficient (Wildman–Crippen LogP) is 0.872. The van der Waals surface area contributed by atoms with E-state index in [4.69, 9.17) is 0 Å². The number of nitrogens with one attached hydrogen (secondary N) is 2. The SMILES string of the molecule is CNS(=O)(=O)c1ccc2c(c1)CCN2C(=O)[C@H]1CCN[C@@H](C)C1. The van der Waals surface area contributed by atoms with Crippen molar-refractivity contribution in [2.45, 2.75) is 37.1 Å². The fraction of sp³-hybridized carbons (Fsp3) is 0.562. The van der Waals surface area contributed by atoms with Crippen molar-refractivity contribution >= 4 is 21.6 Å². The monoisotopic (exact) mass is 337 g/mol. The lowest BCUT2D eigenvalue weighted by Crippen LogP contribution is -2.43. The van der Waals surface area contributed by atoms with Gasteiger partial charge in [-0.3, -0.25) is 4.79 Å². The second-order valence-electron chi connectivity index (χ2n) is 6.31. The minimum absolute atomic E-state index is 0.0536. The van der Waals surface area contributed by atoms with Crippen LogP contribution in [0.25, 0.3) is 0 Å². The van der Waals surface area contributed by atoms with Gasteiger partial charge in [-0.1, -0.05) is 0 Å². The Morgan fingerprint density at radius 3 is 2.87 bits per heavy atom. The van der Waals surface area contributed by atoms with Crippen molar-refractivity contribution in [2.75, 3.05) is 25.0 Å². The lowest BCUT2D eigenvalue weighted by molar-refractivity contribution is -0.123. The van der Waals surface area contributed by atoms with Gasteiger partial charge in [0.05, 0.1) is 4.90 Å². The number of hydrogen-bond acceptors (Lipinski definition) is 4. The number of carbonyl (C=O) groups excluding carboxylic acids is 1. The van der Waals surface area contributed by atoms with Crippen molar-refractivity contribution < 1.29 is 13.2 Å². The van der Waals surface area contributed by atoms with Crippen LogP contribution < -0.4 is 14.9 Å². The van der Waals surface area contributed by atoms with Gasteiger partial charge in [-0.15, -0.1) is 0 Å². The second kappa shape index (κ2) is 6.22. The second-order valence-corrected chi connectivity index (χ2v) is 8.20. The number of piperidine rings is 1. The Bertz CT molecular complexity index is 717. The highest BCUT2D eigenvalue weighted by Crippen LogP contribution is 2.32. The topological polar surface area (TPSA) is 78.5 Å². The third-order valence-corrected chi connectivity index (χ3v) is 6.18. The van der Waals surface area contributed by atoms with Crippen LogP contribution in [0.5, 0.6) is 0 Å². The van der Waals surface area contributed by atoms with E-state index in [1.54, 1.807) is 18.2 Å². The number of fused-ring (bicyclic) bond motifs is 1. The van der Waals surface area contributed by atoms with E-state index in [9.17, 15) is 13.2 Å². The third kappa shape index (κ3) is 3.13. The van der Waals surface area contributed by atoms with Gasteiger partial charge in [-0.05, 0) is 63.5 Å². The highest BCUT2D eigenvalue weighted by atomic mass is 32.2. The number of rotatable bonds is 3. The van der Waals surface area contributed by atoms with Crippen molar-refractivity contribution in [3.63, 3.8) is 0 Å². The molecule has 0 aliphatic carbocycles. The highest BCUT2D eigenvalue weighted by molar-refractivity contribution is 7.89. The molecule has 1 saturated heterocycles. The van der Waals surface area contributed by atoms with Gasteiger partial charge in [-0.2, -0.15) is 0 Å². The molecule has 1 aromatic carbocycles. The van der Waals surface area contributed by atoms with E-state index in [2.05, 4.69) is 17.0 Å². The van der Waals surface area contributed by atoms with Crippen LogP contribution in [0.2, 0.25) is 0 Å². The molecule has 0 unspecified atom stereocenters. The van der Waals surface area contributed by atoms with Gasteiger partial charge in [0.1, 0.15) is 0 Å². The van der Waals surface area contributed by atoms with Crippen LogP contribution in [0, 0.1) is 5.92 Å². The summed E-state index contributed by atoms with van der Waals surface area (Å²) in [6.45, 7) is 3.61. The number of benzene rings is 1. The third-order valence-electron chi connectivity index (χ3n) is 4.76. The first kappa shape index (κ1) is 16.4. The Morgan fingerprint density at radius 2 is 2.17 bits per heavy atom. The molecule has 2 aliphatic rings. The van der Waals surface area contributed by atoms with Gasteiger partial charge in [0, 0.05) is 24.2 Å². The molecular formula is C16H23N3O3S. The van der Waals surface area contributed by atoms with Crippen molar-refractivity contribution in [1.82, 2.24) is 10.0 Å². The number of nitrogens with zero attached hydrogens (tertiary/aromatic N) is 1. The van der Waals surface area contributed by atoms with Gasteiger partial charge in [0.2, 0.25) is 15.9 Å². The molecule has 6 nitrogen and oxygen atoms in total. The number of sulfonamides is 1. The largest absolute Gasteiger partial charge is 0.314 e. The maximum absolute atomic E-state index is 12.8. The normalized spacial score (nSPS) is 24.5. The molecule has 2 aliphatic heterocycles. The van der Waals surface area contributed by atoms with E-state index >= 15 is 0 Å². The molecule has 0 spiro atoms. The van der Waals surface area contributed by atoms with E-state index in [-0.39, 0.29) is 16.7 Å². The van der Waals surface area contributed by atoms with Gasteiger partial charge in [0.15, 0.2) is 0 Å². The van der Waals surface area contributed by atoms with Crippen LogP contribution in [0.1, 0.15) is 25.3 Å². The number of anilines is 1. The maximum atomic E-state index is 12.8. The Balaban J connectivity index is 1.83. The molecule has 0 aromatic heterocycles.